The van der Waals surface area contributed by atoms with Crippen LogP contribution in [-0.4, -0.2) is 0 Å². The zero-order valence-corrected chi connectivity index (χ0v) is 9.95. The van der Waals surface area contributed by atoms with Crippen molar-refractivity contribution < 1.29 is 4.39 Å². The van der Waals surface area contributed by atoms with E-state index in [2.05, 4.69) is 15.9 Å². The maximum Gasteiger partial charge on any atom is 0.139 e. The van der Waals surface area contributed by atoms with Crippen molar-refractivity contribution in [2.24, 2.45) is 0 Å². The zero-order chi connectivity index (χ0) is 8.59. The molecule has 0 fully saturated rings. The normalized spacial score (nSPS) is 10.3. The lowest BCUT2D eigenvalue weighted by Crippen LogP contribution is -1.92. The first kappa shape index (κ1) is 9.45. The van der Waals surface area contributed by atoms with E-state index in [1.807, 2.05) is 29.5 Å². The topological polar surface area (TPSA) is 0 Å². The minimum Gasteiger partial charge on any atom is -0.206 e. The van der Waals surface area contributed by atoms with Gasteiger partial charge in [-0.05, 0) is 53.6 Å². The minimum absolute atomic E-state index is 0.105. The van der Waals surface area contributed by atoms with E-state index in [0.717, 1.165) is 15.6 Å². The molecule has 60 valence electrons. The van der Waals surface area contributed by atoms with Crippen molar-refractivity contribution in [2.75, 3.05) is 0 Å². The fraction of sp³-hybridized carbons (Fsp3) is 0.250. The van der Waals surface area contributed by atoms with Crippen LogP contribution in [0.25, 0.3) is 0 Å². The number of benzene rings is 1. The fourth-order valence-electron chi connectivity index (χ4n) is 0.806. The fourth-order valence-corrected chi connectivity index (χ4v) is 2.48. The molecule has 0 unspecified atom stereocenters. The third-order valence-corrected chi connectivity index (χ3v) is 3.32. The zero-order valence-electron chi connectivity index (χ0n) is 6.21. The van der Waals surface area contributed by atoms with E-state index in [9.17, 15) is 4.39 Å². The molecular formula is C8H7BrFI. The van der Waals surface area contributed by atoms with E-state index >= 15 is 0 Å². The molecule has 11 heavy (non-hydrogen) atoms. The summed E-state index contributed by atoms with van der Waals surface area (Å²) in [4.78, 5) is 0. The van der Waals surface area contributed by atoms with Crippen LogP contribution < -0.4 is 0 Å². The highest BCUT2D eigenvalue weighted by Crippen LogP contribution is 2.25. The molecule has 0 spiro atoms. The molecule has 0 amide bonds. The van der Waals surface area contributed by atoms with Gasteiger partial charge in [-0.1, -0.05) is 15.9 Å². The van der Waals surface area contributed by atoms with E-state index < -0.39 is 0 Å². The Morgan fingerprint density at radius 2 is 1.91 bits per heavy atom. The first-order valence-corrected chi connectivity index (χ1v) is 5.02. The third-order valence-electron chi connectivity index (χ3n) is 1.71. The highest BCUT2D eigenvalue weighted by Gasteiger charge is 2.08. The Labute approximate surface area is 87.5 Å². The van der Waals surface area contributed by atoms with Gasteiger partial charge in [0, 0.05) is 4.47 Å². The summed E-state index contributed by atoms with van der Waals surface area (Å²) < 4.78 is 14.8. The van der Waals surface area contributed by atoms with E-state index in [4.69, 9.17) is 0 Å². The van der Waals surface area contributed by atoms with Crippen LogP contribution >= 0.6 is 38.5 Å². The molecule has 0 N–H and O–H groups in total. The average Bonchev–Trinajstić information content (AvgIpc) is 1.97. The largest absolute Gasteiger partial charge is 0.206 e. The molecule has 1 aromatic carbocycles. The summed E-state index contributed by atoms with van der Waals surface area (Å²) in [5, 5.41) is 0. The van der Waals surface area contributed by atoms with Crippen LogP contribution in [0, 0.1) is 23.2 Å². The quantitative estimate of drug-likeness (QED) is 0.502. The Bertz CT molecular complexity index is 270. The summed E-state index contributed by atoms with van der Waals surface area (Å²) in [5.41, 5.74) is 1.70. The van der Waals surface area contributed by atoms with Gasteiger partial charge in [-0.15, -0.1) is 0 Å². The standard InChI is InChI=1S/C8H7BrFI/c1-4-5(2)8(10)7(11)3-6(4)9/h3H,1-2H3. The van der Waals surface area contributed by atoms with Gasteiger partial charge < -0.3 is 0 Å². The molecule has 0 saturated carbocycles. The van der Waals surface area contributed by atoms with Crippen LogP contribution in [0.3, 0.4) is 0 Å². The Hall–Kier alpha value is 0.360. The monoisotopic (exact) mass is 328 g/mol. The van der Waals surface area contributed by atoms with Crippen LogP contribution in [0.1, 0.15) is 11.1 Å². The van der Waals surface area contributed by atoms with Gasteiger partial charge in [0.25, 0.3) is 0 Å². The molecule has 0 atom stereocenters. The van der Waals surface area contributed by atoms with Crippen LogP contribution in [0.2, 0.25) is 0 Å². The molecule has 0 radical (unpaired) electrons. The van der Waals surface area contributed by atoms with Crippen LogP contribution in [0.5, 0.6) is 0 Å². The molecule has 0 aliphatic carbocycles. The predicted molar refractivity (Wildman–Crippen MR) is 56.3 cm³/mol. The molecule has 1 rings (SSSR count). The van der Waals surface area contributed by atoms with Crippen LogP contribution in [-0.2, 0) is 0 Å². The van der Waals surface area contributed by atoms with E-state index in [1.54, 1.807) is 13.0 Å². The predicted octanol–water partition coefficient (Wildman–Crippen LogP) is 3.81. The molecule has 0 nitrogen and oxygen atoms in total. The van der Waals surface area contributed by atoms with Crippen molar-refractivity contribution in [2.45, 2.75) is 13.8 Å². The summed E-state index contributed by atoms with van der Waals surface area (Å²) >= 11 is 5.35. The Morgan fingerprint density at radius 3 is 2.45 bits per heavy atom. The van der Waals surface area contributed by atoms with Gasteiger partial charge in [-0.2, -0.15) is 0 Å². The second-order valence-corrected chi connectivity index (χ2v) is 4.42. The molecule has 0 heterocycles. The van der Waals surface area contributed by atoms with Gasteiger partial charge in [-0.25, -0.2) is 4.39 Å². The maximum atomic E-state index is 13.1. The molecule has 1 aromatic rings. The molecule has 0 saturated heterocycles. The smallest absolute Gasteiger partial charge is 0.139 e. The Balaban J connectivity index is 3.46. The first-order valence-electron chi connectivity index (χ1n) is 3.14. The SMILES string of the molecule is Cc1c(Br)cc(I)c(F)c1C. The number of halogens is 3. The Kier molecular flexibility index (Phi) is 2.91. The number of hydrogen-bond donors (Lipinski definition) is 0. The van der Waals surface area contributed by atoms with E-state index in [0.29, 0.717) is 3.57 Å². The lowest BCUT2D eigenvalue weighted by atomic mass is 10.1. The van der Waals surface area contributed by atoms with Crippen molar-refractivity contribution in [1.82, 2.24) is 0 Å². The summed E-state index contributed by atoms with van der Waals surface area (Å²) in [5.74, 6) is -0.105. The van der Waals surface area contributed by atoms with Crippen molar-refractivity contribution in [3.8, 4) is 0 Å². The lowest BCUT2D eigenvalue weighted by Gasteiger charge is -2.05. The first-order chi connectivity index (χ1) is 5.04. The van der Waals surface area contributed by atoms with Crippen molar-refractivity contribution >= 4 is 38.5 Å². The molecular weight excluding hydrogens is 322 g/mol. The second kappa shape index (κ2) is 3.39. The average molecular weight is 329 g/mol. The number of hydrogen-bond acceptors (Lipinski definition) is 0. The third kappa shape index (κ3) is 1.75. The van der Waals surface area contributed by atoms with Crippen molar-refractivity contribution in [1.29, 1.82) is 0 Å². The second-order valence-electron chi connectivity index (χ2n) is 2.40. The molecule has 3 heteroatoms. The van der Waals surface area contributed by atoms with Gasteiger partial charge in [0.05, 0.1) is 3.57 Å². The van der Waals surface area contributed by atoms with Crippen molar-refractivity contribution in [3.05, 3.63) is 31.1 Å². The van der Waals surface area contributed by atoms with E-state index in [-0.39, 0.29) is 5.82 Å². The van der Waals surface area contributed by atoms with Crippen molar-refractivity contribution in [3.63, 3.8) is 0 Å². The van der Waals surface area contributed by atoms with Gasteiger partial charge in [0.1, 0.15) is 5.82 Å². The maximum absolute atomic E-state index is 13.1. The van der Waals surface area contributed by atoms with Gasteiger partial charge in [0.15, 0.2) is 0 Å². The lowest BCUT2D eigenvalue weighted by molar-refractivity contribution is 0.609. The highest BCUT2D eigenvalue weighted by molar-refractivity contribution is 14.1. The summed E-state index contributed by atoms with van der Waals surface area (Å²) in [7, 11) is 0. The molecule has 0 aliphatic rings. The summed E-state index contributed by atoms with van der Waals surface area (Å²) in [6.07, 6.45) is 0. The number of rotatable bonds is 0. The Morgan fingerprint density at radius 1 is 1.36 bits per heavy atom. The van der Waals surface area contributed by atoms with Gasteiger partial charge >= 0.3 is 0 Å². The van der Waals surface area contributed by atoms with Gasteiger partial charge in [0.2, 0.25) is 0 Å². The molecule has 0 aliphatic heterocycles. The highest BCUT2D eigenvalue weighted by atomic mass is 127. The summed E-state index contributed by atoms with van der Waals surface area (Å²) in [6.45, 7) is 3.69. The molecule has 0 bridgehead atoms. The van der Waals surface area contributed by atoms with Crippen LogP contribution in [0.4, 0.5) is 4.39 Å². The summed E-state index contributed by atoms with van der Waals surface area (Å²) in [6, 6.07) is 1.79. The van der Waals surface area contributed by atoms with Crippen LogP contribution in [0.15, 0.2) is 10.5 Å². The van der Waals surface area contributed by atoms with E-state index in [1.165, 1.54) is 0 Å². The molecule has 0 aromatic heterocycles. The minimum atomic E-state index is -0.105. The van der Waals surface area contributed by atoms with Gasteiger partial charge in [-0.3, -0.25) is 0 Å².